The van der Waals surface area contributed by atoms with Crippen LogP contribution in [0.2, 0.25) is 0 Å². The summed E-state index contributed by atoms with van der Waals surface area (Å²) in [6.45, 7) is 2.87. The molecule has 3 nitrogen and oxygen atoms in total. The summed E-state index contributed by atoms with van der Waals surface area (Å²) in [5.74, 6) is 0. The van der Waals surface area contributed by atoms with Crippen molar-refractivity contribution in [3.8, 4) is 0 Å². The molecule has 1 unspecified atom stereocenters. The van der Waals surface area contributed by atoms with Crippen molar-refractivity contribution in [3.05, 3.63) is 66.2 Å². The molecule has 0 saturated carbocycles. The molecule has 0 fully saturated rings. The lowest BCUT2D eigenvalue weighted by atomic mass is 10.0. The van der Waals surface area contributed by atoms with Gasteiger partial charge in [0.05, 0.1) is 6.10 Å². The van der Waals surface area contributed by atoms with E-state index in [0.717, 1.165) is 38.9 Å². The quantitative estimate of drug-likeness (QED) is 0.724. The van der Waals surface area contributed by atoms with Crippen LogP contribution in [0.15, 0.2) is 60.7 Å². The Bertz CT molecular complexity index is 557. The van der Waals surface area contributed by atoms with Crippen LogP contribution < -0.4 is 4.90 Å². The summed E-state index contributed by atoms with van der Waals surface area (Å²) in [5.41, 5.74) is 2.53. The minimum atomic E-state index is -0.254. The van der Waals surface area contributed by atoms with Crippen LogP contribution in [-0.2, 0) is 6.42 Å². The highest BCUT2D eigenvalue weighted by Gasteiger charge is 2.10. The Kier molecular flexibility index (Phi) is 7.80. The lowest BCUT2D eigenvalue weighted by Gasteiger charge is -2.27. The first kappa shape index (κ1) is 18.5. The summed E-state index contributed by atoms with van der Waals surface area (Å²) in [5, 5.41) is 10.3. The first-order valence-electron chi connectivity index (χ1n) is 8.82. The molecule has 1 N–H and O–H groups in total. The first-order chi connectivity index (χ1) is 11.6. The second kappa shape index (κ2) is 10.1. The third kappa shape index (κ3) is 6.73. The average molecular weight is 326 g/mol. The molecule has 0 spiro atoms. The molecule has 0 aliphatic rings. The van der Waals surface area contributed by atoms with Gasteiger partial charge in [-0.05, 0) is 51.1 Å². The van der Waals surface area contributed by atoms with Crippen molar-refractivity contribution in [2.24, 2.45) is 0 Å². The fourth-order valence-corrected chi connectivity index (χ4v) is 2.76. The molecule has 0 amide bonds. The summed E-state index contributed by atoms with van der Waals surface area (Å²) in [6, 6.07) is 20.9. The Balaban J connectivity index is 1.82. The van der Waals surface area contributed by atoms with Gasteiger partial charge in [0.1, 0.15) is 0 Å². The Hall–Kier alpha value is -1.84. The van der Waals surface area contributed by atoms with Gasteiger partial charge in [-0.2, -0.15) is 0 Å². The SMILES string of the molecule is CN(C)CCN(CCC(O)CCc1ccccc1)c1ccccc1. The molecule has 0 aliphatic carbocycles. The number of anilines is 1. The van der Waals surface area contributed by atoms with Gasteiger partial charge in [-0.1, -0.05) is 48.5 Å². The maximum Gasteiger partial charge on any atom is 0.0560 e. The molecule has 2 rings (SSSR count). The number of hydrogen-bond donors (Lipinski definition) is 1. The zero-order chi connectivity index (χ0) is 17.2. The number of hydrogen-bond acceptors (Lipinski definition) is 3. The average Bonchev–Trinajstić information content (AvgIpc) is 2.61. The van der Waals surface area contributed by atoms with Crippen LogP contribution in [0.25, 0.3) is 0 Å². The zero-order valence-corrected chi connectivity index (χ0v) is 14.9. The van der Waals surface area contributed by atoms with E-state index in [1.54, 1.807) is 0 Å². The van der Waals surface area contributed by atoms with Gasteiger partial charge in [0.15, 0.2) is 0 Å². The van der Waals surface area contributed by atoms with Crippen molar-refractivity contribution in [3.63, 3.8) is 0 Å². The minimum Gasteiger partial charge on any atom is -0.393 e. The number of likely N-dealkylation sites (N-methyl/N-ethyl adjacent to an activating group) is 1. The second-order valence-corrected chi connectivity index (χ2v) is 6.59. The monoisotopic (exact) mass is 326 g/mol. The molecule has 0 saturated heterocycles. The number of rotatable bonds is 10. The Morgan fingerprint density at radius 1 is 0.792 bits per heavy atom. The zero-order valence-electron chi connectivity index (χ0n) is 14.9. The van der Waals surface area contributed by atoms with Crippen molar-refractivity contribution in [1.82, 2.24) is 4.90 Å². The van der Waals surface area contributed by atoms with Gasteiger partial charge in [-0.3, -0.25) is 0 Å². The Morgan fingerprint density at radius 3 is 2.04 bits per heavy atom. The Labute approximate surface area is 146 Å². The summed E-state index contributed by atoms with van der Waals surface area (Å²) in [4.78, 5) is 4.56. The standard InChI is InChI=1S/C21H30N2O/c1-22(2)17-18-23(20-11-7-4-8-12-20)16-15-21(24)14-13-19-9-5-3-6-10-19/h3-12,21,24H,13-18H2,1-2H3. The maximum absolute atomic E-state index is 10.3. The lowest BCUT2D eigenvalue weighted by molar-refractivity contribution is 0.156. The molecule has 2 aromatic carbocycles. The third-order valence-corrected chi connectivity index (χ3v) is 4.28. The highest BCUT2D eigenvalue weighted by Crippen LogP contribution is 2.15. The van der Waals surface area contributed by atoms with E-state index in [1.165, 1.54) is 11.3 Å². The van der Waals surface area contributed by atoms with Gasteiger partial charge in [-0.25, -0.2) is 0 Å². The van der Waals surface area contributed by atoms with Crippen molar-refractivity contribution in [2.45, 2.75) is 25.4 Å². The molecule has 130 valence electrons. The topological polar surface area (TPSA) is 26.7 Å². The van der Waals surface area contributed by atoms with Crippen LogP contribution in [0.5, 0.6) is 0 Å². The van der Waals surface area contributed by atoms with Gasteiger partial charge in [-0.15, -0.1) is 0 Å². The highest BCUT2D eigenvalue weighted by molar-refractivity contribution is 5.45. The van der Waals surface area contributed by atoms with Crippen LogP contribution in [-0.4, -0.2) is 49.8 Å². The number of aryl methyl sites for hydroxylation is 1. The number of aliphatic hydroxyl groups is 1. The molecular formula is C21H30N2O. The van der Waals surface area contributed by atoms with Crippen molar-refractivity contribution in [2.75, 3.05) is 38.6 Å². The lowest BCUT2D eigenvalue weighted by Crippen LogP contribution is -2.34. The number of nitrogens with zero attached hydrogens (tertiary/aromatic N) is 2. The van der Waals surface area contributed by atoms with E-state index in [4.69, 9.17) is 0 Å². The highest BCUT2D eigenvalue weighted by atomic mass is 16.3. The van der Waals surface area contributed by atoms with Crippen LogP contribution in [0.4, 0.5) is 5.69 Å². The Morgan fingerprint density at radius 2 is 1.42 bits per heavy atom. The molecule has 0 radical (unpaired) electrons. The van der Waals surface area contributed by atoms with E-state index in [2.05, 4.69) is 72.4 Å². The molecule has 1 atom stereocenters. The predicted molar refractivity (Wildman–Crippen MR) is 103 cm³/mol. The van der Waals surface area contributed by atoms with Crippen molar-refractivity contribution in [1.29, 1.82) is 0 Å². The third-order valence-electron chi connectivity index (χ3n) is 4.28. The van der Waals surface area contributed by atoms with E-state index >= 15 is 0 Å². The smallest absolute Gasteiger partial charge is 0.0560 e. The molecule has 24 heavy (non-hydrogen) atoms. The minimum absolute atomic E-state index is 0.254. The summed E-state index contributed by atoms with van der Waals surface area (Å²) >= 11 is 0. The van der Waals surface area contributed by atoms with E-state index in [9.17, 15) is 5.11 Å². The predicted octanol–water partition coefficient (Wildman–Crippen LogP) is 3.44. The van der Waals surface area contributed by atoms with Gasteiger partial charge in [0.2, 0.25) is 0 Å². The van der Waals surface area contributed by atoms with Crippen molar-refractivity contribution >= 4 is 5.69 Å². The van der Waals surface area contributed by atoms with Crippen molar-refractivity contribution < 1.29 is 5.11 Å². The number of aliphatic hydroxyl groups excluding tert-OH is 1. The van der Waals surface area contributed by atoms with Crippen LogP contribution in [0.1, 0.15) is 18.4 Å². The van der Waals surface area contributed by atoms with E-state index in [0.29, 0.717) is 0 Å². The van der Waals surface area contributed by atoms with Crippen LogP contribution in [0.3, 0.4) is 0 Å². The largest absolute Gasteiger partial charge is 0.393 e. The fraction of sp³-hybridized carbons (Fsp3) is 0.429. The normalized spacial score (nSPS) is 12.3. The summed E-state index contributed by atoms with van der Waals surface area (Å²) in [6.07, 6.45) is 2.30. The molecule has 3 heteroatoms. The molecule has 2 aromatic rings. The molecule has 0 bridgehead atoms. The summed E-state index contributed by atoms with van der Waals surface area (Å²) in [7, 11) is 4.19. The molecule has 0 aliphatic heterocycles. The van der Waals surface area contributed by atoms with E-state index < -0.39 is 0 Å². The van der Waals surface area contributed by atoms with Gasteiger partial charge in [0.25, 0.3) is 0 Å². The van der Waals surface area contributed by atoms with Crippen LogP contribution >= 0.6 is 0 Å². The number of para-hydroxylation sites is 1. The molecular weight excluding hydrogens is 296 g/mol. The molecule has 0 aromatic heterocycles. The maximum atomic E-state index is 10.3. The van der Waals surface area contributed by atoms with E-state index in [1.807, 2.05) is 12.1 Å². The second-order valence-electron chi connectivity index (χ2n) is 6.59. The molecule has 0 heterocycles. The van der Waals surface area contributed by atoms with Crippen LogP contribution in [0, 0.1) is 0 Å². The van der Waals surface area contributed by atoms with Gasteiger partial charge in [0, 0.05) is 25.3 Å². The summed E-state index contributed by atoms with van der Waals surface area (Å²) < 4.78 is 0. The first-order valence-corrected chi connectivity index (χ1v) is 8.82. The fourth-order valence-electron chi connectivity index (χ4n) is 2.76. The van der Waals surface area contributed by atoms with E-state index in [-0.39, 0.29) is 6.10 Å². The number of benzene rings is 2. The van der Waals surface area contributed by atoms with Gasteiger partial charge < -0.3 is 14.9 Å². The van der Waals surface area contributed by atoms with Gasteiger partial charge >= 0.3 is 0 Å².